The average Bonchev–Trinajstić information content (AvgIpc) is 3.14. The number of hydrogen-bond donors (Lipinski definition) is 2. The van der Waals surface area contributed by atoms with Gasteiger partial charge in [-0.1, -0.05) is 62.4 Å². The zero-order valence-corrected chi connectivity index (χ0v) is 19.9. The van der Waals surface area contributed by atoms with Crippen molar-refractivity contribution in [1.29, 1.82) is 0 Å². The van der Waals surface area contributed by atoms with Crippen molar-refractivity contribution in [1.82, 2.24) is 10.2 Å². The summed E-state index contributed by atoms with van der Waals surface area (Å²) in [6, 6.07) is 15.3. The number of carboxylic acids is 1. The molecule has 7 heteroatoms. The number of carboxylic acid groups (broad SMARTS) is 1. The Bertz CT molecular complexity index is 1040. The lowest BCUT2D eigenvalue weighted by Crippen LogP contribution is -2.56. The van der Waals surface area contributed by atoms with Gasteiger partial charge >= 0.3 is 12.1 Å². The number of fused-ring (bicyclic) bond motifs is 3. The van der Waals surface area contributed by atoms with E-state index >= 15 is 0 Å². The number of aliphatic carboxylic acids is 1. The number of amides is 2. The Morgan fingerprint density at radius 2 is 1.65 bits per heavy atom. The third-order valence-electron chi connectivity index (χ3n) is 7.06. The fourth-order valence-corrected chi connectivity index (χ4v) is 5.18. The van der Waals surface area contributed by atoms with E-state index in [0.717, 1.165) is 22.3 Å². The minimum atomic E-state index is -0.823. The zero-order chi connectivity index (χ0) is 24.4. The number of nitrogens with one attached hydrogen (secondary N) is 1. The lowest BCUT2D eigenvalue weighted by Gasteiger charge is -2.39. The summed E-state index contributed by atoms with van der Waals surface area (Å²) in [5.41, 5.74) is 4.56. The van der Waals surface area contributed by atoms with Crippen molar-refractivity contribution in [3.8, 4) is 11.1 Å². The van der Waals surface area contributed by atoms with Crippen LogP contribution >= 0.6 is 0 Å². The SMILES string of the molecule is CC(C)[C@H](NC(=O)OCC1c2ccccc2-c2ccccc21)C(=O)N1CC[C@@H](C(=O)O)C[C@H]1C. The second-order valence-electron chi connectivity index (χ2n) is 9.63. The molecule has 0 radical (unpaired) electrons. The highest BCUT2D eigenvalue weighted by molar-refractivity contribution is 5.86. The molecule has 1 aliphatic heterocycles. The lowest BCUT2D eigenvalue weighted by atomic mass is 9.90. The van der Waals surface area contributed by atoms with Gasteiger partial charge in [0.2, 0.25) is 5.91 Å². The van der Waals surface area contributed by atoms with Crippen LogP contribution in [-0.4, -0.2) is 53.2 Å². The van der Waals surface area contributed by atoms with Crippen molar-refractivity contribution in [2.75, 3.05) is 13.2 Å². The van der Waals surface area contributed by atoms with E-state index in [-0.39, 0.29) is 30.4 Å². The Hall–Kier alpha value is -3.35. The molecule has 0 aromatic heterocycles. The van der Waals surface area contributed by atoms with Crippen molar-refractivity contribution in [2.45, 2.75) is 51.6 Å². The first-order valence-electron chi connectivity index (χ1n) is 11.9. The molecule has 0 spiro atoms. The summed E-state index contributed by atoms with van der Waals surface area (Å²) in [6.07, 6.45) is 0.208. The van der Waals surface area contributed by atoms with Gasteiger partial charge in [0.25, 0.3) is 0 Å². The van der Waals surface area contributed by atoms with Gasteiger partial charge in [-0.3, -0.25) is 9.59 Å². The Morgan fingerprint density at radius 3 is 2.18 bits per heavy atom. The number of ether oxygens (including phenoxy) is 1. The number of rotatable bonds is 6. The number of likely N-dealkylation sites (tertiary alicyclic amines) is 1. The van der Waals surface area contributed by atoms with Gasteiger partial charge in [0, 0.05) is 18.5 Å². The first-order valence-corrected chi connectivity index (χ1v) is 11.9. The Kier molecular flexibility index (Phi) is 6.91. The van der Waals surface area contributed by atoms with Gasteiger partial charge in [-0.15, -0.1) is 0 Å². The summed E-state index contributed by atoms with van der Waals surface area (Å²) >= 11 is 0. The molecule has 1 aliphatic carbocycles. The summed E-state index contributed by atoms with van der Waals surface area (Å²) in [6.45, 7) is 6.16. The van der Waals surface area contributed by atoms with Crippen LogP contribution in [0.25, 0.3) is 11.1 Å². The smallest absolute Gasteiger partial charge is 0.407 e. The van der Waals surface area contributed by atoms with Crippen LogP contribution in [0.4, 0.5) is 4.79 Å². The maximum Gasteiger partial charge on any atom is 0.407 e. The maximum absolute atomic E-state index is 13.3. The van der Waals surface area contributed by atoms with Crippen LogP contribution in [-0.2, 0) is 14.3 Å². The van der Waals surface area contributed by atoms with Gasteiger partial charge in [-0.2, -0.15) is 0 Å². The molecule has 7 nitrogen and oxygen atoms in total. The normalized spacial score (nSPS) is 20.4. The van der Waals surface area contributed by atoms with E-state index in [1.54, 1.807) is 4.90 Å². The highest BCUT2D eigenvalue weighted by Gasteiger charge is 2.37. The molecule has 2 aliphatic rings. The number of hydrogen-bond acceptors (Lipinski definition) is 4. The molecule has 4 rings (SSSR count). The van der Waals surface area contributed by atoms with E-state index < -0.39 is 24.0 Å². The first-order chi connectivity index (χ1) is 16.3. The molecule has 1 heterocycles. The standard InChI is InChI=1S/C27H32N2O5/c1-16(2)24(25(30)29-13-12-18(26(31)32)14-17(29)3)28-27(33)34-15-23-21-10-6-4-8-19(21)20-9-5-7-11-22(20)23/h4-11,16-18,23-24H,12-15H2,1-3H3,(H,28,33)(H,31,32)/t17-,18-,24+/m1/s1. The van der Waals surface area contributed by atoms with E-state index in [4.69, 9.17) is 4.74 Å². The molecule has 2 aromatic rings. The summed E-state index contributed by atoms with van der Waals surface area (Å²) in [5, 5.41) is 12.1. The van der Waals surface area contributed by atoms with Gasteiger partial charge in [-0.25, -0.2) is 4.79 Å². The molecule has 0 bridgehead atoms. The molecule has 2 N–H and O–H groups in total. The van der Waals surface area contributed by atoms with Gasteiger partial charge < -0.3 is 20.1 Å². The van der Waals surface area contributed by atoms with Crippen molar-refractivity contribution in [3.63, 3.8) is 0 Å². The quantitative estimate of drug-likeness (QED) is 0.666. The highest BCUT2D eigenvalue weighted by Crippen LogP contribution is 2.44. The number of piperidine rings is 1. The minimum absolute atomic E-state index is 0.0542. The van der Waals surface area contributed by atoms with E-state index in [2.05, 4.69) is 29.6 Å². The largest absolute Gasteiger partial charge is 0.481 e. The monoisotopic (exact) mass is 464 g/mol. The second kappa shape index (κ2) is 9.87. The summed E-state index contributed by atoms with van der Waals surface area (Å²) in [7, 11) is 0. The molecule has 2 aromatic carbocycles. The average molecular weight is 465 g/mol. The van der Waals surface area contributed by atoms with Crippen LogP contribution in [0.15, 0.2) is 48.5 Å². The molecule has 0 unspecified atom stereocenters. The molecule has 1 fully saturated rings. The van der Waals surface area contributed by atoms with Crippen molar-refractivity contribution < 1.29 is 24.2 Å². The predicted octanol–water partition coefficient (Wildman–Crippen LogP) is 4.26. The maximum atomic E-state index is 13.3. The zero-order valence-electron chi connectivity index (χ0n) is 19.9. The lowest BCUT2D eigenvalue weighted by molar-refractivity contribution is -0.148. The van der Waals surface area contributed by atoms with Crippen molar-refractivity contribution in [2.24, 2.45) is 11.8 Å². The molecular weight excluding hydrogens is 432 g/mol. The molecule has 180 valence electrons. The molecule has 1 saturated heterocycles. The van der Waals surface area contributed by atoms with Gasteiger partial charge in [0.05, 0.1) is 5.92 Å². The highest BCUT2D eigenvalue weighted by atomic mass is 16.5. The van der Waals surface area contributed by atoms with Gasteiger partial charge in [0.15, 0.2) is 0 Å². The summed E-state index contributed by atoms with van der Waals surface area (Å²) in [4.78, 5) is 39.0. The van der Waals surface area contributed by atoms with E-state index in [1.165, 1.54) is 0 Å². The van der Waals surface area contributed by atoms with Crippen LogP contribution in [0.2, 0.25) is 0 Å². The fourth-order valence-electron chi connectivity index (χ4n) is 5.18. The number of benzene rings is 2. The Balaban J connectivity index is 1.41. The first kappa shape index (κ1) is 23.8. The molecule has 3 atom stereocenters. The van der Waals surface area contributed by atoms with Crippen LogP contribution in [0.1, 0.15) is 50.7 Å². The number of carbonyl (C=O) groups excluding carboxylic acids is 2. The molecule has 0 saturated carbocycles. The predicted molar refractivity (Wildman–Crippen MR) is 128 cm³/mol. The number of alkyl carbamates (subject to hydrolysis) is 1. The van der Waals surface area contributed by atoms with E-state index in [1.807, 2.05) is 45.0 Å². The minimum Gasteiger partial charge on any atom is -0.481 e. The molecule has 34 heavy (non-hydrogen) atoms. The van der Waals surface area contributed by atoms with Crippen LogP contribution in [0.5, 0.6) is 0 Å². The van der Waals surface area contributed by atoms with E-state index in [9.17, 15) is 19.5 Å². The third-order valence-corrected chi connectivity index (χ3v) is 7.06. The van der Waals surface area contributed by atoms with Crippen molar-refractivity contribution >= 4 is 18.0 Å². The van der Waals surface area contributed by atoms with Crippen LogP contribution in [0.3, 0.4) is 0 Å². The van der Waals surface area contributed by atoms with Gasteiger partial charge in [0.1, 0.15) is 12.6 Å². The third kappa shape index (κ3) is 4.65. The number of carbonyl (C=O) groups is 3. The van der Waals surface area contributed by atoms with Crippen LogP contribution < -0.4 is 5.32 Å². The molecule has 2 amide bonds. The Labute approximate surface area is 200 Å². The van der Waals surface area contributed by atoms with Crippen LogP contribution in [0, 0.1) is 11.8 Å². The van der Waals surface area contributed by atoms with E-state index in [0.29, 0.717) is 19.4 Å². The number of nitrogens with zero attached hydrogens (tertiary/aromatic N) is 1. The second-order valence-corrected chi connectivity index (χ2v) is 9.63. The fraction of sp³-hybridized carbons (Fsp3) is 0.444. The van der Waals surface area contributed by atoms with Crippen molar-refractivity contribution in [3.05, 3.63) is 59.7 Å². The van der Waals surface area contributed by atoms with Gasteiger partial charge in [-0.05, 0) is 47.9 Å². The Morgan fingerprint density at radius 1 is 1.06 bits per heavy atom. The summed E-state index contributed by atoms with van der Waals surface area (Å²) in [5.74, 6) is -1.65. The molecular formula is C27H32N2O5. The summed E-state index contributed by atoms with van der Waals surface area (Å²) < 4.78 is 5.63. The topological polar surface area (TPSA) is 95.9 Å².